The molecular formula is C19H23N3O. The molecule has 1 aliphatic rings. The molecule has 1 heterocycles. The third-order valence-electron chi connectivity index (χ3n) is 4.14. The second-order valence-electron chi connectivity index (χ2n) is 6.11. The predicted molar refractivity (Wildman–Crippen MR) is 92.4 cm³/mol. The molecule has 0 unspecified atom stereocenters. The highest BCUT2D eigenvalue weighted by Gasteiger charge is 2.22. The number of carbonyl (C=O) groups excluding carboxylic acids is 1. The summed E-state index contributed by atoms with van der Waals surface area (Å²) in [6, 6.07) is 12.2. The fourth-order valence-electron chi connectivity index (χ4n) is 2.42. The topological polar surface area (TPSA) is 54.0 Å². The van der Waals surface area contributed by atoms with Gasteiger partial charge >= 0.3 is 0 Å². The molecule has 1 saturated carbocycles. The Bertz CT molecular complexity index is 663. The van der Waals surface area contributed by atoms with Gasteiger partial charge in [-0.1, -0.05) is 25.1 Å². The standard InChI is InChI=1S/C19H23N3O/c1-2-14-4-3-5-17(10-14)20-12-16-8-9-18(21-13-16)19(23)22-11-15-6-7-15/h3-5,8-10,13,15,20H,2,6-7,11-12H2,1H3,(H,22,23). The van der Waals surface area contributed by atoms with Crippen LogP contribution in [0.25, 0.3) is 0 Å². The molecule has 2 aromatic rings. The molecule has 1 fully saturated rings. The maximum absolute atomic E-state index is 11.9. The second-order valence-corrected chi connectivity index (χ2v) is 6.11. The fraction of sp³-hybridized carbons (Fsp3) is 0.368. The van der Waals surface area contributed by atoms with Crippen molar-refractivity contribution in [3.8, 4) is 0 Å². The number of aromatic nitrogens is 1. The lowest BCUT2D eigenvalue weighted by molar-refractivity contribution is 0.0947. The average Bonchev–Trinajstić information content (AvgIpc) is 3.43. The van der Waals surface area contributed by atoms with Crippen molar-refractivity contribution in [3.63, 3.8) is 0 Å². The lowest BCUT2D eigenvalue weighted by atomic mass is 10.1. The number of nitrogens with one attached hydrogen (secondary N) is 2. The maximum Gasteiger partial charge on any atom is 0.269 e. The lowest BCUT2D eigenvalue weighted by Gasteiger charge is -2.08. The van der Waals surface area contributed by atoms with Crippen molar-refractivity contribution < 1.29 is 4.79 Å². The molecule has 1 aromatic carbocycles. The van der Waals surface area contributed by atoms with Crippen LogP contribution in [0.15, 0.2) is 42.6 Å². The van der Waals surface area contributed by atoms with Gasteiger partial charge in [-0.25, -0.2) is 0 Å². The molecule has 1 aliphatic carbocycles. The zero-order chi connectivity index (χ0) is 16.1. The third-order valence-corrected chi connectivity index (χ3v) is 4.14. The summed E-state index contributed by atoms with van der Waals surface area (Å²) in [6.07, 6.45) is 5.26. The van der Waals surface area contributed by atoms with Gasteiger partial charge in [0.05, 0.1) is 0 Å². The molecule has 4 nitrogen and oxygen atoms in total. The molecule has 1 amide bonds. The van der Waals surface area contributed by atoms with E-state index >= 15 is 0 Å². The average molecular weight is 309 g/mol. The minimum Gasteiger partial charge on any atom is -0.381 e. The molecule has 0 aliphatic heterocycles. The molecule has 0 saturated heterocycles. The molecule has 0 radical (unpaired) electrons. The van der Waals surface area contributed by atoms with E-state index in [2.05, 4.69) is 46.8 Å². The van der Waals surface area contributed by atoms with Crippen molar-refractivity contribution in [2.45, 2.75) is 32.7 Å². The van der Waals surface area contributed by atoms with E-state index in [0.717, 1.165) is 24.2 Å². The first-order valence-electron chi connectivity index (χ1n) is 8.30. The van der Waals surface area contributed by atoms with Gasteiger partial charge < -0.3 is 10.6 Å². The van der Waals surface area contributed by atoms with Crippen molar-refractivity contribution in [3.05, 3.63) is 59.4 Å². The van der Waals surface area contributed by atoms with Crippen LogP contribution in [0, 0.1) is 5.92 Å². The number of anilines is 1. The Morgan fingerprint density at radius 3 is 2.78 bits per heavy atom. The van der Waals surface area contributed by atoms with Crippen LogP contribution >= 0.6 is 0 Å². The second kappa shape index (κ2) is 7.27. The normalized spacial score (nSPS) is 13.6. The summed E-state index contributed by atoms with van der Waals surface area (Å²) in [4.78, 5) is 16.2. The molecule has 0 atom stereocenters. The van der Waals surface area contributed by atoms with E-state index in [1.165, 1.54) is 18.4 Å². The molecule has 3 rings (SSSR count). The maximum atomic E-state index is 11.9. The van der Waals surface area contributed by atoms with Crippen LogP contribution in [0.4, 0.5) is 5.69 Å². The Labute approximate surface area is 137 Å². The molecule has 23 heavy (non-hydrogen) atoms. The number of rotatable bonds is 7. The number of aryl methyl sites for hydroxylation is 1. The predicted octanol–water partition coefficient (Wildman–Crippen LogP) is 3.40. The number of nitrogens with zero attached hydrogens (tertiary/aromatic N) is 1. The van der Waals surface area contributed by atoms with Crippen LogP contribution < -0.4 is 10.6 Å². The first-order chi connectivity index (χ1) is 11.2. The fourth-order valence-corrected chi connectivity index (χ4v) is 2.42. The molecule has 4 heteroatoms. The van der Waals surface area contributed by atoms with Gasteiger partial charge in [0.2, 0.25) is 0 Å². The van der Waals surface area contributed by atoms with Crippen LogP contribution in [0.3, 0.4) is 0 Å². The van der Waals surface area contributed by atoms with Gasteiger partial charge in [-0.3, -0.25) is 9.78 Å². The first-order valence-corrected chi connectivity index (χ1v) is 8.30. The van der Waals surface area contributed by atoms with Crippen molar-refractivity contribution in [1.29, 1.82) is 0 Å². The van der Waals surface area contributed by atoms with Gasteiger partial charge in [0.25, 0.3) is 5.91 Å². The summed E-state index contributed by atoms with van der Waals surface area (Å²) in [5.74, 6) is 0.605. The molecular weight excluding hydrogens is 286 g/mol. The zero-order valence-electron chi connectivity index (χ0n) is 13.5. The van der Waals surface area contributed by atoms with Crippen molar-refractivity contribution >= 4 is 11.6 Å². The summed E-state index contributed by atoms with van der Waals surface area (Å²) < 4.78 is 0. The SMILES string of the molecule is CCc1cccc(NCc2ccc(C(=O)NCC3CC3)nc2)c1. The van der Waals surface area contributed by atoms with Gasteiger partial charge in [-0.05, 0) is 54.5 Å². The summed E-state index contributed by atoms with van der Waals surface area (Å²) in [5.41, 5.74) is 3.97. The number of pyridine rings is 1. The van der Waals surface area contributed by atoms with Crippen LogP contribution in [0.1, 0.15) is 41.4 Å². The Hall–Kier alpha value is -2.36. The number of hydrogen-bond donors (Lipinski definition) is 2. The smallest absolute Gasteiger partial charge is 0.269 e. The number of hydrogen-bond acceptors (Lipinski definition) is 3. The molecule has 1 aromatic heterocycles. The summed E-state index contributed by atoms with van der Waals surface area (Å²) >= 11 is 0. The van der Waals surface area contributed by atoms with Crippen LogP contribution in [-0.4, -0.2) is 17.4 Å². The highest BCUT2D eigenvalue weighted by Crippen LogP contribution is 2.27. The van der Waals surface area contributed by atoms with E-state index < -0.39 is 0 Å². The third kappa shape index (κ3) is 4.55. The Morgan fingerprint density at radius 1 is 1.22 bits per heavy atom. The van der Waals surface area contributed by atoms with Gasteiger partial charge in [0.15, 0.2) is 0 Å². The Kier molecular flexibility index (Phi) is 4.91. The first kappa shape index (κ1) is 15.5. The number of carbonyl (C=O) groups is 1. The van der Waals surface area contributed by atoms with Crippen LogP contribution in [-0.2, 0) is 13.0 Å². The van der Waals surface area contributed by atoms with E-state index in [1.807, 2.05) is 6.07 Å². The molecule has 0 spiro atoms. The van der Waals surface area contributed by atoms with Crippen LogP contribution in [0.5, 0.6) is 0 Å². The Morgan fingerprint density at radius 2 is 2.09 bits per heavy atom. The van der Waals surface area contributed by atoms with Crippen LogP contribution in [0.2, 0.25) is 0 Å². The van der Waals surface area contributed by atoms with Crippen molar-refractivity contribution in [1.82, 2.24) is 10.3 Å². The summed E-state index contributed by atoms with van der Waals surface area (Å²) in [6.45, 7) is 3.62. The highest BCUT2D eigenvalue weighted by molar-refractivity contribution is 5.92. The van der Waals surface area contributed by atoms with Gasteiger partial charge in [0.1, 0.15) is 5.69 Å². The van der Waals surface area contributed by atoms with E-state index in [-0.39, 0.29) is 5.91 Å². The Balaban J connectivity index is 1.53. The molecule has 2 N–H and O–H groups in total. The van der Waals surface area contributed by atoms with E-state index in [9.17, 15) is 4.79 Å². The monoisotopic (exact) mass is 309 g/mol. The van der Waals surface area contributed by atoms with E-state index in [1.54, 1.807) is 12.3 Å². The number of amides is 1. The van der Waals surface area contributed by atoms with Gasteiger partial charge in [-0.2, -0.15) is 0 Å². The number of benzene rings is 1. The van der Waals surface area contributed by atoms with Gasteiger partial charge in [-0.15, -0.1) is 0 Å². The largest absolute Gasteiger partial charge is 0.381 e. The van der Waals surface area contributed by atoms with Crippen molar-refractivity contribution in [2.24, 2.45) is 5.92 Å². The lowest BCUT2D eigenvalue weighted by Crippen LogP contribution is -2.26. The summed E-state index contributed by atoms with van der Waals surface area (Å²) in [5, 5.41) is 6.33. The van der Waals surface area contributed by atoms with Crippen molar-refractivity contribution in [2.75, 3.05) is 11.9 Å². The summed E-state index contributed by atoms with van der Waals surface area (Å²) in [7, 11) is 0. The quantitative estimate of drug-likeness (QED) is 0.824. The highest BCUT2D eigenvalue weighted by atomic mass is 16.1. The minimum absolute atomic E-state index is 0.0768. The minimum atomic E-state index is -0.0768. The molecule has 0 bridgehead atoms. The van der Waals surface area contributed by atoms with E-state index in [0.29, 0.717) is 18.2 Å². The molecule has 120 valence electrons. The van der Waals surface area contributed by atoms with E-state index in [4.69, 9.17) is 0 Å². The van der Waals surface area contributed by atoms with Gasteiger partial charge in [0, 0.05) is 25.0 Å². The zero-order valence-corrected chi connectivity index (χ0v) is 13.5.